The van der Waals surface area contributed by atoms with Gasteiger partial charge < -0.3 is 10.4 Å². The second kappa shape index (κ2) is 9.69. The highest BCUT2D eigenvalue weighted by atomic mass is 32.2. The first-order valence-corrected chi connectivity index (χ1v) is 10.5. The molecule has 2 N–H and O–H groups in total. The third kappa shape index (κ3) is 5.34. The lowest BCUT2D eigenvalue weighted by molar-refractivity contribution is -0.122. The molecule has 154 valence electrons. The summed E-state index contributed by atoms with van der Waals surface area (Å²) in [6.07, 6.45) is 2.36. The van der Waals surface area contributed by atoms with Crippen LogP contribution in [0.25, 0.3) is 6.08 Å². The lowest BCUT2D eigenvalue weighted by atomic mass is 10.1. The van der Waals surface area contributed by atoms with Gasteiger partial charge in [-0.15, -0.1) is 0 Å². The Morgan fingerprint density at radius 3 is 2.57 bits per heavy atom. The molecule has 6 nitrogen and oxygen atoms in total. The Kier molecular flexibility index (Phi) is 7.02. The Morgan fingerprint density at radius 1 is 1.17 bits per heavy atom. The zero-order valence-electron chi connectivity index (χ0n) is 16.3. The van der Waals surface area contributed by atoms with Crippen LogP contribution in [0.5, 0.6) is 0 Å². The summed E-state index contributed by atoms with van der Waals surface area (Å²) in [5.41, 5.74) is 2.35. The van der Waals surface area contributed by atoms with Crippen molar-refractivity contribution in [1.82, 2.24) is 4.90 Å². The van der Waals surface area contributed by atoms with Crippen molar-refractivity contribution in [1.29, 1.82) is 0 Å². The van der Waals surface area contributed by atoms with Gasteiger partial charge in [-0.1, -0.05) is 65.9 Å². The molecule has 8 heteroatoms. The molecule has 2 amide bonds. The van der Waals surface area contributed by atoms with Gasteiger partial charge >= 0.3 is 5.97 Å². The van der Waals surface area contributed by atoms with Crippen LogP contribution in [-0.2, 0) is 9.59 Å². The van der Waals surface area contributed by atoms with Crippen LogP contribution in [0.1, 0.15) is 34.3 Å². The number of carbonyl (C=O) groups is 3. The number of thiocarbonyl (C=S) groups is 1. The van der Waals surface area contributed by atoms with Gasteiger partial charge in [-0.2, -0.15) is 0 Å². The van der Waals surface area contributed by atoms with Gasteiger partial charge in [0, 0.05) is 13.0 Å². The average Bonchev–Trinajstić information content (AvgIpc) is 2.97. The maximum Gasteiger partial charge on any atom is 0.337 e. The molecular formula is C22H20N2O4S2. The number of anilines is 1. The molecular weight excluding hydrogens is 420 g/mol. The Hall–Kier alpha value is -2.97. The second-order valence-electron chi connectivity index (χ2n) is 6.75. The molecule has 0 unspecified atom stereocenters. The zero-order valence-corrected chi connectivity index (χ0v) is 17.9. The van der Waals surface area contributed by atoms with Crippen LogP contribution in [0.4, 0.5) is 5.69 Å². The number of hydrogen-bond acceptors (Lipinski definition) is 5. The molecule has 0 aliphatic carbocycles. The lowest BCUT2D eigenvalue weighted by Crippen LogP contribution is -2.29. The number of carboxylic acid groups (broad SMARTS) is 1. The molecule has 3 rings (SSSR count). The van der Waals surface area contributed by atoms with Crippen molar-refractivity contribution in [2.75, 3.05) is 11.9 Å². The maximum absolute atomic E-state index is 12.7. The molecule has 30 heavy (non-hydrogen) atoms. The minimum atomic E-state index is -1.11. The first kappa shape index (κ1) is 21.7. The van der Waals surface area contributed by atoms with Crippen molar-refractivity contribution in [2.45, 2.75) is 19.8 Å². The molecule has 1 heterocycles. The topological polar surface area (TPSA) is 86.7 Å². The van der Waals surface area contributed by atoms with Crippen molar-refractivity contribution >= 4 is 57.8 Å². The van der Waals surface area contributed by atoms with E-state index < -0.39 is 5.97 Å². The summed E-state index contributed by atoms with van der Waals surface area (Å²) >= 11 is 6.57. The Morgan fingerprint density at radius 2 is 1.87 bits per heavy atom. The summed E-state index contributed by atoms with van der Waals surface area (Å²) < 4.78 is 0.468. The van der Waals surface area contributed by atoms with Crippen LogP contribution in [-0.4, -0.2) is 38.7 Å². The molecule has 1 aliphatic rings. The molecule has 0 aromatic heterocycles. The first-order valence-electron chi connectivity index (χ1n) is 9.29. The van der Waals surface area contributed by atoms with Gasteiger partial charge in [0.15, 0.2) is 0 Å². The van der Waals surface area contributed by atoms with Gasteiger partial charge in [0.1, 0.15) is 4.32 Å². The van der Waals surface area contributed by atoms with E-state index in [2.05, 4.69) is 5.32 Å². The number of benzene rings is 2. The third-order valence-corrected chi connectivity index (χ3v) is 5.84. The quantitative estimate of drug-likeness (QED) is 0.493. The van der Waals surface area contributed by atoms with Crippen molar-refractivity contribution in [3.05, 3.63) is 70.1 Å². The third-order valence-electron chi connectivity index (χ3n) is 4.47. The number of hydrogen-bond donors (Lipinski definition) is 2. The highest BCUT2D eigenvalue weighted by Gasteiger charge is 2.31. The maximum atomic E-state index is 12.7. The molecule has 0 saturated carbocycles. The van der Waals surface area contributed by atoms with Crippen LogP contribution < -0.4 is 5.32 Å². The number of aryl methyl sites for hydroxylation is 1. The SMILES string of the molecule is Cc1ccc(C=C2SC(=S)N(CCCC(=O)Nc3ccccc3C(=O)O)C2=O)cc1. The van der Waals surface area contributed by atoms with Crippen molar-refractivity contribution in [3.63, 3.8) is 0 Å². The standard InChI is InChI=1S/C22H20N2O4S2/c1-14-8-10-15(11-9-14)13-18-20(26)24(22(29)30-18)12-4-7-19(25)23-17-6-3-2-5-16(17)21(27)28/h2-3,5-6,8-11,13H,4,7,12H2,1H3,(H,23,25)(H,27,28). The number of nitrogens with one attached hydrogen (secondary N) is 1. The number of amides is 2. The summed E-state index contributed by atoms with van der Waals surface area (Å²) in [5.74, 6) is -1.59. The Labute approximate surface area is 184 Å². The lowest BCUT2D eigenvalue weighted by Gasteiger charge is -2.14. The van der Waals surface area contributed by atoms with Gasteiger partial charge in [-0.3, -0.25) is 14.5 Å². The molecule has 0 atom stereocenters. The van der Waals surface area contributed by atoms with Crippen molar-refractivity contribution in [2.24, 2.45) is 0 Å². The fourth-order valence-electron chi connectivity index (χ4n) is 2.90. The fourth-order valence-corrected chi connectivity index (χ4v) is 4.20. The molecule has 0 bridgehead atoms. The zero-order chi connectivity index (χ0) is 21.7. The average molecular weight is 441 g/mol. The number of aromatic carboxylic acids is 1. The number of rotatable bonds is 7. The van der Waals surface area contributed by atoms with E-state index in [0.29, 0.717) is 22.2 Å². The predicted octanol–water partition coefficient (Wildman–Crippen LogP) is 4.31. The number of nitrogens with zero attached hydrogens (tertiary/aromatic N) is 1. The first-order chi connectivity index (χ1) is 14.3. The molecule has 2 aromatic carbocycles. The van der Waals surface area contributed by atoms with Gasteiger partial charge in [0.05, 0.1) is 16.2 Å². The predicted molar refractivity (Wildman–Crippen MR) is 122 cm³/mol. The van der Waals surface area contributed by atoms with Crippen LogP contribution in [0.2, 0.25) is 0 Å². The second-order valence-corrected chi connectivity index (χ2v) is 8.42. The number of thioether (sulfide) groups is 1. The van der Waals surface area contributed by atoms with Gasteiger partial charge in [0.25, 0.3) is 5.91 Å². The van der Waals surface area contributed by atoms with E-state index in [9.17, 15) is 19.5 Å². The van der Waals surface area contributed by atoms with Gasteiger partial charge in [-0.25, -0.2) is 4.79 Å². The molecule has 2 aromatic rings. The van der Waals surface area contributed by atoms with E-state index in [1.807, 2.05) is 37.3 Å². The van der Waals surface area contributed by atoms with Crippen LogP contribution >= 0.6 is 24.0 Å². The van der Waals surface area contributed by atoms with E-state index in [4.69, 9.17) is 12.2 Å². The van der Waals surface area contributed by atoms with Crippen molar-refractivity contribution < 1.29 is 19.5 Å². The summed E-state index contributed by atoms with van der Waals surface area (Å²) in [6.45, 7) is 2.32. The number of carboxylic acids is 1. The number of para-hydroxylation sites is 1. The fraction of sp³-hybridized carbons (Fsp3) is 0.182. The highest BCUT2D eigenvalue weighted by molar-refractivity contribution is 8.26. The summed E-state index contributed by atoms with van der Waals surface area (Å²) in [7, 11) is 0. The summed E-state index contributed by atoms with van der Waals surface area (Å²) in [5, 5.41) is 11.8. The van der Waals surface area contributed by atoms with E-state index in [-0.39, 0.29) is 29.5 Å². The molecule has 0 spiro atoms. The monoisotopic (exact) mass is 440 g/mol. The van der Waals surface area contributed by atoms with Gasteiger partial charge in [-0.05, 0) is 37.1 Å². The molecule has 1 aliphatic heterocycles. The molecule has 0 radical (unpaired) electrons. The largest absolute Gasteiger partial charge is 0.478 e. The van der Waals surface area contributed by atoms with Crippen LogP contribution in [0.15, 0.2) is 53.4 Å². The van der Waals surface area contributed by atoms with E-state index in [1.54, 1.807) is 18.2 Å². The normalized spacial score (nSPS) is 15.0. The number of carbonyl (C=O) groups excluding carboxylic acids is 2. The minimum Gasteiger partial charge on any atom is -0.478 e. The van der Waals surface area contributed by atoms with Gasteiger partial charge in [0.2, 0.25) is 5.91 Å². The van der Waals surface area contributed by atoms with Crippen LogP contribution in [0, 0.1) is 6.92 Å². The minimum absolute atomic E-state index is 0.0315. The summed E-state index contributed by atoms with van der Waals surface area (Å²) in [6, 6.07) is 14.1. The van der Waals surface area contributed by atoms with E-state index in [0.717, 1.165) is 11.1 Å². The van der Waals surface area contributed by atoms with Crippen LogP contribution in [0.3, 0.4) is 0 Å². The molecule has 1 saturated heterocycles. The highest BCUT2D eigenvalue weighted by Crippen LogP contribution is 2.32. The Bertz CT molecular complexity index is 1030. The molecule has 1 fully saturated rings. The summed E-state index contributed by atoms with van der Waals surface area (Å²) in [4.78, 5) is 38.1. The Balaban J connectivity index is 1.55. The van der Waals surface area contributed by atoms with Crippen molar-refractivity contribution in [3.8, 4) is 0 Å². The smallest absolute Gasteiger partial charge is 0.337 e. The van der Waals surface area contributed by atoms with E-state index in [1.165, 1.54) is 22.7 Å². The van der Waals surface area contributed by atoms with E-state index >= 15 is 0 Å².